The van der Waals surface area contributed by atoms with Gasteiger partial charge in [-0.1, -0.05) is 12.1 Å². The van der Waals surface area contributed by atoms with E-state index in [4.69, 9.17) is 17.0 Å². The van der Waals surface area contributed by atoms with Crippen molar-refractivity contribution in [2.24, 2.45) is 0 Å². The second kappa shape index (κ2) is 6.57. The molecule has 1 aromatic rings. The number of thiocarbonyl (C=S) groups is 1. The zero-order chi connectivity index (χ0) is 12.8. The zero-order valence-corrected chi connectivity index (χ0v) is 11.6. The highest BCUT2D eigenvalue weighted by molar-refractivity contribution is 7.80. The summed E-state index contributed by atoms with van der Waals surface area (Å²) in [5, 5.41) is 6.95. The number of hydrogen-bond donors (Lipinski definition) is 2. The monoisotopic (exact) mass is 252 g/mol. The lowest BCUT2D eigenvalue weighted by atomic mass is 10.1. The highest BCUT2D eigenvalue weighted by atomic mass is 32.1. The number of nitrogens with one attached hydrogen (secondary N) is 2. The maximum absolute atomic E-state index is 5.23. The van der Waals surface area contributed by atoms with Gasteiger partial charge in [-0.05, 0) is 50.2 Å². The van der Waals surface area contributed by atoms with Crippen LogP contribution in [-0.2, 0) is 4.74 Å². The third kappa shape index (κ3) is 4.71. The number of ether oxygens (including phenoxy) is 1. The molecule has 0 saturated heterocycles. The Morgan fingerprint density at radius 3 is 2.76 bits per heavy atom. The first-order valence-corrected chi connectivity index (χ1v) is 6.08. The molecule has 0 aliphatic carbocycles. The van der Waals surface area contributed by atoms with Crippen LogP contribution in [0.5, 0.6) is 0 Å². The molecule has 3 nitrogen and oxygen atoms in total. The normalized spacial score (nSPS) is 12.0. The third-order valence-electron chi connectivity index (χ3n) is 2.59. The molecule has 1 unspecified atom stereocenters. The van der Waals surface area contributed by atoms with Gasteiger partial charge < -0.3 is 15.4 Å². The van der Waals surface area contributed by atoms with Crippen molar-refractivity contribution in [2.45, 2.75) is 26.9 Å². The Bertz CT molecular complexity index is 393. The van der Waals surface area contributed by atoms with Crippen molar-refractivity contribution < 1.29 is 4.74 Å². The van der Waals surface area contributed by atoms with E-state index in [1.807, 2.05) is 6.92 Å². The standard InChI is InChI=1S/C13H20N2OS/c1-9-5-6-10(2)12(7-9)15-13(17)14-8-11(3)16-4/h5-7,11H,8H2,1-4H3,(H2,14,15,17). The summed E-state index contributed by atoms with van der Waals surface area (Å²) >= 11 is 5.23. The molecule has 1 atom stereocenters. The average molecular weight is 252 g/mol. The highest BCUT2D eigenvalue weighted by Gasteiger charge is 2.03. The summed E-state index contributed by atoms with van der Waals surface area (Å²) in [4.78, 5) is 0. The van der Waals surface area contributed by atoms with E-state index in [0.717, 1.165) is 5.69 Å². The van der Waals surface area contributed by atoms with Crippen LogP contribution in [0.25, 0.3) is 0 Å². The van der Waals surface area contributed by atoms with E-state index in [1.165, 1.54) is 11.1 Å². The Morgan fingerprint density at radius 1 is 1.41 bits per heavy atom. The van der Waals surface area contributed by atoms with Gasteiger partial charge in [0, 0.05) is 19.3 Å². The van der Waals surface area contributed by atoms with E-state index in [0.29, 0.717) is 11.7 Å². The van der Waals surface area contributed by atoms with Crippen LogP contribution < -0.4 is 10.6 Å². The predicted octanol–water partition coefficient (Wildman–Crippen LogP) is 2.62. The van der Waals surface area contributed by atoms with E-state index in [1.54, 1.807) is 7.11 Å². The van der Waals surface area contributed by atoms with Gasteiger partial charge in [-0.2, -0.15) is 0 Å². The van der Waals surface area contributed by atoms with Gasteiger partial charge in [-0.15, -0.1) is 0 Å². The predicted molar refractivity (Wildman–Crippen MR) is 76.6 cm³/mol. The lowest BCUT2D eigenvalue weighted by Crippen LogP contribution is -2.34. The van der Waals surface area contributed by atoms with Crippen LogP contribution in [0.2, 0.25) is 0 Å². The van der Waals surface area contributed by atoms with Gasteiger partial charge in [0.1, 0.15) is 0 Å². The van der Waals surface area contributed by atoms with Crippen LogP contribution in [0.3, 0.4) is 0 Å². The molecule has 0 radical (unpaired) electrons. The van der Waals surface area contributed by atoms with E-state index >= 15 is 0 Å². The van der Waals surface area contributed by atoms with Crippen molar-refractivity contribution in [2.75, 3.05) is 19.0 Å². The van der Waals surface area contributed by atoms with Crippen molar-refractivity contribution in [1.82, 2.24) is 5.32 Å². The topological polar surface area (TPSA) is 33.3 Å². The van der Waals surface area contributed by atoms with Gasteiger partial charge in [-0.25, -0.2) is 0 Å². The summed E-state index contributed by atoms with van der Waals surface area (Å²) in [7, 11) is 1.69. The minimum absolute atomic E-state index is 0.147. The molecule has 1 rings (SSSR count). The summed E-state index contributed by atoms with van der Waals surface area (Å²) in [5.41, 5.74) is 3.44. The summed E-state index contributed by atoms with van der Waals surface area (Å²) in [6.45, 7) is 6.82. The van der Waals surface area contributed by atoms with Crippen LogP contribution in [0.15, 0.2) is 18.2 Å². The largest absolute Gasteiger partial charge is 0.380 e. The Morgan fingerprint density at radius 2 is 2.12 bits per heavy atom. The van der Waals surface area contributed by atoms with Crippen LogP contribution in [0.4, 0.5) is 5.69 Å². The number of hydrogen-bond acceptors (Lipinski definition) is 2. The van der Waals surface area contributed by atoms with Crippen LogP contribution in [0.1, 0.15) is 18.1 Å². The van der Waals surface area contributed by atoms with Gasteiger partial charge in [0.2, 0.25) is 0 Å². The first kappa shape index (κ1) is 13.9. The molecule has 1 aromatic carbocycles. The molecule has 0 amide bonds. The fourth-order valence-corrected chi connectivity index (χ4v) is 1.55. The fraction of sp³-hybridized carbons (Fsp3) is 0.462. The molecule has 17 heavy (non-hydrogen) atoms. The molecule has 0 heterocycles. The molecule has 0 saturated carbocycles. The van der Waals surface area contributed by atoms with Gasteiger partial charge in [0.25, 0.3) is 0 Å². The smallest absolute Gasteiger partial charge is 0.170 e. The van der Waals surface area contributed by atoms with Crippen LogP contribution >= 0.6 is 12.2 Å². The van der Waals surface area contributed by atoms with Gasteiger partial charge >= 0.3 is 0 Å². The summed E-state index contributed by atoms with van der Waals surface area (Å²) in [6.07, 6.45) is 0.147. The molecule has 0 spiro atoms. The Balaban J connectivity index is 2.53. The molecule has 4 heteroatoms. The van der Waals surface area contributed by atoms with E-state index in [2.05, 4.69) is 42.7 Å². The van der Waals surface area contributed by atoms with E-state index in [-0.39, 0.29) is 6.10 Å². The van der Waals surface area contributed by atoms with Gasteiger partial charge in [-0.3, -0.25) is 0 Å². The van der Waals surface area contributed by atoms with E-state index in [9.17, 15) is 0 Å². The number of anilines is 1. The second-order valence-electron chi connectivity index (χ2n) is 4.20. The van der Waals surface area contributed by atoms with Crippen molar-refractivity contribution in [3.05, 3.63) is 29.3 Å². The minimum Gasteiger partial charge on any atom is -0.380 e. The van der Waals surface area contributed by atoms with Crippen molar-refractivity contribution in [3.8, 4) is 0 Å². The lowest BCUT2D eigenvalue weighted by Gasteiger charge is -2.15. The second-order valence-corrected chi connectivity index (χ2v) is 4.61. The summed E-state index contributed by atoms with van der Waals surface area (Å²) in [6, 6.07) is 6.26. The fourth-order valence-electron chi connectivity index (χ4n) is 1.36. The molecular formula is C13H20N2OS. The van der Waals surface area contributed by atoms with Crippen molar-refractivity contribution in [3.63, 3.8) is 0 Å². The maximum atomic E-state index is 5.23. The Kier molecular flexibility index (Phi) is 5.38. The Labute approximate surface area is 109 Å². The molecule has 2 N–H and O–H groups in total. The molecule has 0 aliphatic heterocycles. The molecule has 0 bridgehead atoms. The molecule has 94 valence electrons. The van der Waals surface area contributed by atoms with Crippen LogP contribution in [0, 0.1) is 13.8 Å². The SMILES string of the molecule is COC(C)CNC(=S)Nc1cc(C)ccc1C. The van der Waals surface area contributed by atoms with Crippen LogP contribution in [-0.4, -0.2) is 24.9 Å². The molecular weight excluding hydrogens is 232 g/mol. The summed E-state index contributed by atoms with van der Waals surface area (Å²) in [5.74, 6) is 0. The first-order chi connectivity index (χ1) is 8.02. The zero-order valence-electron chi connectivity index (χ0n) is 10.8. The number of aryl methyl sites for hydroxylation is 2. The first-order valence-electron chi connectivity index (χ1n) is 5.68. The quantitative estimate of drug-likeness (QED) is 0.807. The molecule has 0 aliphatic rings. The number of benzene rings is 1. The van der Waals surface area contributed by atoms with E-state index < -0.39 is 0 Å². The van der Waals surface area contributed by atoms with Crippen molar-refractivity contribution >= 4 is 23.0 Å². The minimum atomic E-state index is 0.147. The van der Waals surface area contributed by atoms with Gasteiger partial charge in [0.05, 0.1) is 6.10 Å². The molecule has 0 aromatic heterocycles. The number of methoxy groups -OCH3 is 1. The lowest BCUT2D eigenvalue weighted by molar-refractivity contribution is 0.121. The maximum Gasteiger partial charge on any atom is 0.170 e. The third-order valence-corrected chi connectivity index (χ3v) is 2.84. The average Bonchev–Trinajstić information content (AvgIpc) is 2.30. The highest BCUT2D eigenvalue weighted by Crippen LogP contribution is 2.15. The number of rotatable bonds is 4. The van der Waals surface area contributed by atoms with Gasteiger partial charge in [0.15, 0.2) is 5.11 Å². The Hall–Kier alpha value is -1.13. The van der Waals surface area contributed by atoms with Crippen molar-refractivity contribution in [1.29, 1.82) is 0 Å². The summed E-state index contributed by atoms with van der Waals surface area (Å²) < 4.78 is 5.14. The molecule has 0 fully saturated rings.